The van der Waals surface area contributed by atoms with Gasteiger partial charge in [-0.3, -0.25) is 4.18 Å². The van der Waals surface area contributed by atoms with Gasteiger partial charge in [-0.15, -0.1) is 0 Å². The lowest BCUT2D eigenvalue weighted by Gasteiger charge is -2.45. The summed E-state index contributed by atoms with van der Waals surface area (Å²) < 4.78 is 45.8. The second-order valence-corrected chi connectivity index (χ2v) is 25.5. The van der Waals surface area contributed by atoms with Crippen LogP contribution in [0.15, 0.2) is 121 Å². The van der Waals surface area contributed by atoms with Crippen LogP contribution < -0.4 is 20.7 Å². The second-order valence-electron chi connectivity index (χ2n) is 15.3. The number of hydrogen-bond acceptors (Lipinski definition) is 5. The van der Waals surface area contributed by atoms with Crippen molar-refractivity contribution in [2.45, 2.75) is 70.6 Å². The van der Waals surface area contributed by atoms with E-state index >= 15 is 0 Å². The molecule has 3 atom stereocenters. The van der Waals surface area contributed by atoms with Crippen LogP contribution in [0.4, 0.5) is 0 Å². The first-order valence-electron chi connectivity index (χ1n) is 17.1. The predicted octanol–water partition coefficient (Wildman–Crippen LogP) is 6.51. The van der Waals surface area contributed by atoms with Crippen molar-refractivity contribution >= 4 is 47.5 Å². The van der Waals surface area contributed by atoms with E-state index in [2.05, 4.69) is 151 Å². The normalized spacial score (nSPS) is 19.4. The molecule has 4 aromatic rings. The Morgan fingerprint density at radius 2 is 0.896 bits per heavy atom. The predicted molar refractivity (Wildman–Crippen MR) is 203 cm³/mol. The zero-order valence-corrected chi connectivity index (χ0v) is 32.4. The Hall–Kier alpha value is -2.86. The number of hydrogen-bond donors (Lipinski definition) is 0. The minimum absolute atomic E-state index is 0.0524. The van der Waals surface area contributed by atoms with Crippen LogP contribution in [0, 0.1) is 11.8 Å². The van der Waals surface area contributed by atoms with Crippen LogP contribution in [0.2, 0.25) is 10.1 Å². The van der Waals surface area contributed by atoms with E-state index in [-0.39, 0.29) is 21.9 Å². The van der Waals surface area contributed by atoms with Crippen molar-refractivity contribution in [3.8, 4) is 0 Å². The van der Waals surface area contributed by atoms with E-state index in [0.29, 0.717) is 19.6 Å². The minimum atomic E-state index is -3.68. The highest BCUT2D eigenvalue weighted by atomic mass is 32.2. The van der Waals surface area contributed by atoms with E-state index in [9.17, 15) is 8.42 Å². The molecule has 4 aromatic carbocycles. The summed E-state index contributed by atoms with van der Waals surface area (Å²) in [6, 6.07) is 42.5. The maximum absolute atomic E-state index is 12.6. The Balaban J connectivity index is 1.55. The first kappa shape index (κ1) is 36.4. The fourth-order valence-corrected chi connectivity index (χ4v) is 17.8. The molecule has 0 aromatic heterocycles. The molecule has 0 spiro atoms. The molecule has 1 aliphatic rings. The van der Waals surface area contributed by atoms with Crippen molar-refractivity contribution in [1.82, 2.24) is 0 Å². The molecule has 0 saturated heterocycles. The molecule has 3 unspecified atom stereocenters. The highest BCUT2D eigenvalue weighted by Gasteiger charge is 2.53. The number of rotatable bonds is 12. The van der Waals surface area contributed by atoms with Crippen LogP contribution in [0.5, 0.6) is 0 Å². The van der Waals surface area contributed by atoms with E-state index in [1.807, 2.05) is 12.1 Å². The average Bonchev–Trinajstić information content (AvgIpc) is 3.42. The summed E-state index contributed by atoms with van der Waals surface area (Å²) in [7, 11) is -9.35. The average molecular weight is 701 g/mol. The summed E-state index contributed by atoms with van der Waals surface area (Å²) >= 11 is 0. The van der Waals surface area contributed by atoms with Crippen molar-refractivity contribution in [2.24, 2.45) is 11.8 Å². The molecule has 1 saturated carbocycles. The first-order valence-corrected chi connectivity index (χ1v) is 22.7. The zero-order chi connectivity index (χ0) is 34.6. The van der Waals surface area contributed by atoms with Gasteiger partial charge in [0.1, 0.15) is 0 Å². The van der Waals surface area contributed by atoms with E-state index in [4.69, 9.17) is 13.0 Å². The van der Waals surface area contributed by atoms with Gasteiger partial charge in [-0.1, -0.05) is 163 Å². The minimum Gasteiger partial charge on any atom is -0.407 e. The summed E-state index contributed by atoms with van der Waals surface area (Å²) in [5, 5.41) is 4.47. The number of benzene rings is 4. The Kier molecular flexibility index (Phi) is 11.0. The van der Waals surface area contributed by atoms with Gasteiger partial charge in [-0.2, -0.15) is 8.42 Å². The third-order valence-corrected chi connectivity index (χ3v) is 20.6. The molecule has 0 bridgehead atoms. The molecular formula is C40H52O5SSi2. The van der Waals surface area contributed by atoms with Crippen molar-refractivity contribution in [3.05, 3.63) is 121 Å². The quantitative estimate of drug-likeness (QED) is 0.125. The van der Waals surface area contributed by atoms with Crippen LogP contribution in [0.3, 0.4) is 0 Å². The molecule has 48 heavy (non-hydrogen) atoms. The Morgan fingerprint density at radius 1 is 0.562 bits per heavy atom. The van der Waals surface area contributed by atoms with Crippen LogP contribution in [-0.4, -0.2) is 50.6 Å². The highest BCUT2D eigenvalue weighted by molar-refractivity contribution is 7.86. The lowest BCUT2D eigenvalue weighted by atomic mass is 9.97. The van der Waals surface area contributed by atoms with Gasteiger partial charge in [0.15, 0.2) is 0 Å². The molecule has 5 nitrogen and oxygen atoms in total. The monoisotopic (exact) mass is 700 g/mol. The fourth-order valence-electron chi connectivity index (χ4n) is 7.88. The maximum atomic E-state index is 12.6. The first-order chi connectivity index (χ1) is 22.7. The largest absolute Gasteiger partial charge is 0.407 e. The third-order valence-electron chi connectivity index (χ3n) is 10.0. The molecule has 256 valence electrons. The van der Waals surface area contributed by atoms with Gasteiger partial charge >= 0.3 is 0 Å². The Labute approximate surface area is 291 Å². The summed E-state index contributed by atoms with van der Waals surface area (Å²) in [6.45, 7) is 14.5. The molecule has 1 aliphatic carbocycles. The summed E-state index contributed by atoms with van der Waals surface area (Å²) in [6.07, 6.45) is 2.11. The van der Waals surface area contributed by atoms with E-state index < -0.39 is 32.9 Å². The molecule has 0 amide bonds. The molecule has 1 fully saturated rings. The summed E-state index contributed by atoms with van der Waals surface area (Å²) in [5.41, 5.74) is 0. The second kappa shape index (κ2) is 14.6. The van der Waals surface area contributed by atoms with Crippen LogP contribution in [0.1, 0.15) is 54.4 Å². The van der Waals surface area contributed by atoms with Crippen molar-refractivity contribution < 1.29 is 21.5 Å². The Bertz CT molecular complexity index is 1620. The van der Waals surface area contributed by atoms with Crippen molar-refractivity contribution in [1.29, 1.82) is 0 Å². The SMILES string of the molecule is CC(C)(C)[Si](OCC1CCC(OS(C)(=O)=O)C1CO[Si](c1ccccc1)(c1ccccc1)C(C)(C)C)(c1ccccc1)c1ccccc1. The van der Waals surface area contributed by atoms with Crippen LogP contribution >= 0.6 is 0 Å². The van der Waals surface area contributed by atoms with Gasteiger partial charge in [-0.25, -0.2) is 0 Å². The van der Waals surface area contributed by atoms with E-state index in [1.165, 1.54) is 20.7 Å². The van der Waals surface area contributed by atoms with Gasteiger partial charge in [-0.05, 0) is 49.6 Å². The molecule has 0 radical (unpaired) electrons. The van der Waals surface area contributed by atoms with Gasteiger partial charge in [0, 0.05) is 19.1 Å². The standard InChI is InChI=1S/C40H52O5SSi2/c1-39(2,3)47(33-20-12-8-13-21-33,34-22-14-9-15-23-34)43-30-32-28-29-38(45-46(7,41)42)37(32)31-44-48(40(4,5)6,35-24-16-10-17-25-35)36-26-18-11-19-27-36/h8-27,32,37-38H,28-31H2,1-7H3. The van der Waals surface area contributed by atoms with Gasteiger partial charge in [0.05, 0.1) is 12.4 Å². The molecule has 0 aliphatic heterocycles. The van der Waals surface area contributed by atoms with Crippen molar-refractivity contribution in [3.63, 3.8) is 0 Å². The van der Waals surface area contributed by atoms with Crippen molar-refractivity contribution in [2.75, 3.05) is 19.5 Å². The lowest BCUT2D eigenvalue weighted by Crippen LogP contribution is -2.67. The van der Waals surface area contributed by atoms with E-state index in [1.54, 1.807) is 0 Å². The van der Waals surface area contributed by atoms with Crippen LogP contribution in [-0.2, 0) is 23.2 Å². The smallest absolute Gasteiger partial charge is 0.264 e. The molecule has 8 heteroatoms. The summed E-state index contributed by atoms with van der Waals surface area (Å²) in [4.78, 5) is 0. The topological polar surface area (TPSA) is 61.8 Å². The Morgan fingerprint density at radius 3 is 1.21 bits per heavy atom. The molecule has 0 N–H and O–H groups in total. The van der Waals surface area contributed by atoms with E-state index in [0.717, 1.165) is 12.7 Å². The molecule has 5 rings (SSSR count). The lowest BCUT2D eigenvalue weighted by molar-refractivity contribution is 0.0819. The van der Waals surface area contributed by atoms with Gasteiger partial charge in [0.25, 0.3) is 26.8 Å². The third kappa shape index (κ3) is 7.49. The maximum Gasteiger partial charge on any atom is 0.264 e. The molecule has 0 heterocycles. The zero-order valence-electron chi connectivity index (χ0n) is 29.6. The van der Waals surface area contributed by atoms with Gasteiger partial charge < -0.3 is 8.85 Å². The summed E-state index contributed by atoms with van der Waals surface area (Å²) in [5.74, 6) is -0.115. The molecular weight excluding hydrogens is 649 g/mol. The fraction of sp³-hybridized carbons (Fsp3) is 0.400. The van der Waals surface area contributed by atoms with Crippen LogP contribution in [0.25, 0.3) is 0 Å². The van der Waals surface area contributed by atoms with Gasteiger partial charge in [0.2, 0.25) is 0 Å². The highest BCUT2D eigenvalue weighted by Crippen LogP contribution is 2.42.